The molecule has 7 nitrogen and oxygen atoms in total. The van der Waals surface area contributed by atoms with Crippen LogP contribution in [0.1, 0.15) is 89.7 Å². The summed E-state index contributed by atoms with van der Waals surface area (Å²) in [5.74, 6) is 1.66. The summed E-state index contributed by atoms with van der Waals surface area (Å²) < 4.78 is 5.86. The molecule has 0 saturated carbocycles. The van der Waals surface area contributed by atoms with E-state index in [1.165, 1.54) is 36.8 Å². The van der Waals surface area contributed by atoms with Gasteiger partial charge in [-0.25, -0.2) is 9.78 Å². The Morgan fingerprint density at radius 1 is 0.884 bits per heavy atom. The molecule has 2 amide bonds. The summed E-state index contributed by atoms with van der Waals surface area (Å²) in [5.41, 5.74) is 5.22. The quantitative estimate of drug-likeness (QED) is 0.131. The molecule has 1 aromatic heterocycles. The molecule has 8 heteroatoms. The van der Waals surface area contributed by atoms with Crippen molar-refractivity contribution in [2.24, 2.45) is 0 Å². The van der Waals surface area contributed by atoms with Crippen LogP contribution in [-0.2, 0) is 0 Å². The predicted octanol–water partition coefficient (Wildman–Crippen LogP) is 8.29. The first-order chi connectivity index (χ1) is 20.9. The maximum Gasteiger partial charge on any atom is 0.321 e. The summed E-state index contributed by atoms with van der Waals surface area (Å²) in [7, 11) is 0. The van der Waals surface area contributed by atoms with Gasteiger partial charge in [0, 0.05) is 63.8 Å². The standard InChI is InChI=1S/C35H53N5O2S/c1-6-7-8-9-12-18-40(34(41)37-33-29(27(2)3)14-13-15-30(33)28(4)5)24-23-38-19-21-39(22-20-38)25-26-43-35-36-31-16-10-11-17-32(31)42-35/h10-11,13-17,27-28H,6-9,12,18-26H2,1-5H3,(H,37,41). The molecule has 0 bridgehead atoms. The number of thioether (sulfide) groups is 1. The van der Waals surface area contributed by atoms with E-state index in [1.54, 1.807) is 11.8 Å². The van der Waals surface area contributed by atoms with Crippen LogP contribution in [0.25, 0.3) is 11.1 Å². The first-order valence-electron chi connectivity index (χ1n) is 16.5. The minimum Gasteiger partial charge on any atom is -0.431 e. The fourth-order valence-electron chi connectivity index (χ4n) is 5.78. The largest absolute Gasteiger partial charge is 0.431 e. The van der Waals surface area contributed by atoms with Gasteiger partial charge in [0.15, 0.2) is 5.58 Å². The second-order valence-corrected chi connectivity index (χ2v) is 13.5. The third kappa shape index (κ3) is 9.98. The van der Waals surface area contributed by atoms with Crippen molar-refractivity contribution in [3.8, 4) is 0 Å². The van der Waals surface area contributed by atoms with Gasteiger partial charge in [0.25, 0.3) is 5.22 Å². The lowest BCUT2D eigenvalue weighted by Gasteiger charge is -2.36. The highest BCUT2D eigenvalue weighted by atomic mass is 32.2. The number of carbonyl (C=O) groups excluding carboxylic acids is 1. The predicted molar refractivity (Wildman–Crippen MR) is 182 cm³/mol. The van der Waals surface area contributed by atoms with Gasteiger partial charge in [-0.2, -0.15) is 0 Å². The lowest BCUT2D eigenvalue weighted by Crippen LogP contribution is -2.49. The van der Waals surface area contributed by atoms with Crippen molar-refractivity contribution < 1.29 is 9.21 Å². The van der Waals surface area contributed by atoms with Crippen LogP contribution in [0.5, 0.6) is 0 Å². The van der Waals surface area contributed by atoms with Crippen molar-refractivity contribution in [2.75, 3.05) is 63.4 Å². The van der Waals surface area contributed by atoms with E-state index in [2.05, 4.69) is 77.8 Å². The number of urea groups is 1. The number of fused-ring (bicyclic) bond motifs is 1. The van der Waals surface area contributed by atoms with Gasteiger partial charge in [0.1, 0.15) is 5.52 Å². The van der Waals surface area contributed by atoms with Gasteiger partial charge in [-0.15, -0.1) is 0 Å². The Morgan fingerprint density at radius 2 is 1.53 bits per heavy atom. The van der Waals surface area contributed by atoms with E-state index in [4.69, 9.17) is 4.42 Å². The van der Waals surface area contributed by atoms with Gasteiger partial charge in [0.2, 0.25) is 0 Å². The maximum absolute atomic E-state index is 13.8. The molecule has 0 aliphatic carbocycles. The molecule has 1 N–H and O–H groups in total. The van der Waals surface area contributed by atoms with Crippen molar-refractivity contribution >= 4 is 34.6 Å². The number of aromatic nitrogens is 1. The number of nitrogens with zero attached hydrogens (tertiary/aromatic N) is 4. The van der Waals surface area contributed by atoms with Crippen LogP contribution >= 0.6 is 11.8 Å². The van der Waals surface area contributed by atoms with Gasteiger partial charge in [-0.3, -0.25) is 9.80 Å². The molecule has 1 fully saturated rings. The molecule has 43 heavy (non-hydrogen) atoms. The van der Waals surface area contributed by atoms with Crippen LogP contribution in [0.3, 0.4) is 0 Å². The second kappa shape index (κ2) is 17.1. The summed E-state index contributed by atoms with van der Waals surface area (Å²) in [6.45, 7) is 18.7. The number of carbonyl (C=O) groups is 1. The summed E-state index contributed by atoms with van der Waals surface area (Å²) in [6, 6.07) is 14.4. The Bertz CT molecular complexity index is 1210. The highest BCUT2D eigenvalue weighted by Crippen LogP contribution is 2.32. The molecule has 236 valence electrons. The SMILES string of the molecule is CCCCCCCN(CCN1CCN(CCSc2nc3ccccc3o2)CC1)C(=O)Nc1c(C(C)C)cccc1C(C)C. The summed E-state index contributed by atoms with van der Waals surface area (Å²) in [4.78, 5) is 25.5. The van der Waals surface area contributed by atoms with Crippen LogP contribution in [-0.4, -0.2) is 83.8 Å². The Kier molecular flexibility index (Phi) is 13.2. The van der Waals surface area contributed by atoms with Crippen molar-refractivity contribution in [3.63, 3.8) is 0 Å². The fraction of sp³-hybridized carbons (Fsp3) is 0.600. The van der Waals surface area contributed by atoms with Gasteiger partial charge < -0.3 is 14.6 Å². The Labute approximate surface area is 263 Å². The number of para-hydroxylation sites is 3. The average Bonchev–Trinajstić information content (AvgIpc) is 3.42. The zero-order chi connectivity index (χ0) is 30.6. The zero-order valence-corrected chi connectivity index (χ0v) is 27.9. The molecule has 1 aliphatic heterocycles. The highest BCUT2D eigenvalue weighted by Gasteiger charge is 2.22. The number of benzene rings is 2. The van der Waals surface area contributed by atoms with Crippen molar-refractivity contribution in [2.45, 2.75) is 83.8 Å². The van der Waals surface area contributed by atoms with Crippen LogP contribution in [0.4, 0.5) is 10.5 Å². The molecule has 1 saturated heterocycles. The molecule has 0 spiro atoms. The lowest BCUT2D eigenvalue weighted by molar-refractivity contribution is 0.127. The highest BCUT2D eigenvalue weighted by molar-refractivity contribution is 7.99. The van der Waals surface area contributed by atoms with E-state index >= 15 is 0 Å². The van der Waals surface area contributed by atoms with Crippen LogP contribution in [0.15, 0.2) is 52.1 Å². The van der Waals surface area contributed by atoms with Crippen LogP contribution in [0, 0.1) is 0 Å². The molecule has 0 radical (unpaired) electrons. The minimum atomic E-state index is 0.0420. The van der Waals surface area contributed by atoms with Crippen LogP contribution in [0.2, 0.25) is 0 Å². The number of hydrogen-bond acceptors (Lipinski definition) is 6. The van der Waals surface area contributed by atoms with Crippen molar-refractivity contribution in [1.29, 1.82) is 0 Å². The molecular weight excluding hydrogens is 554 g/mol. The van der Waals surface area contributed by atoms with Gasteiger partial charge in [-0.1, -0.05) is 102 Å². The fourth-order valence-corrected chi connectivity index (χ4v) is 6.61. The molecule has 2 aromatic carbocycles. The number of nitrogens with one attached hydrogen (secondary N) is 1. The van der Waals surface area contributed by atoms with E-state index in [1.807, 2.05) is 24.3 Å². The molecule has 4 rings (SSSR count). The first kappa shape index (κ1) is 33.3. The molecule has 0 atom stereocenters. The molecule has 3 aromatic rings. The van der Waals surface area contributed by atoms with Crippen molar-refractivity contribution in [3.05, 3.63) is 53.6 Å². The summed E-state index contributed by atoms with van der Waals surface area (Å²) in [5, 5.41) is 4.13. The van der Waals surface area contributed by atoms with Gasteiger partial charge >= 0.3 is 6.03 Å². The molecule has 1 aliphatic rings. The number of amides is 2. The number of anilines is 1. The van der Waals surface area contributed by atoms with Crippen molar-refractivity contribution in [1.82, 2.24) is 19.7 Å². The maximum atomic E-state index is 13.8. The Morgan fingerprint density at radius 3 is 2.19 bits per heavy atom. The normalized spacial score (nSPS) is 14.7. The number of unbranched alkanes of at least 4 members (excludes halogenated alkanes) is 4. The minimum absolute atomic E-state index is 0.0420. The van der Waals surface area contributed by atoms with E-state index in [9.17, 15) is 4.79 Å². The third-order valence-corrected chi connectivity index (χ3v) is 9.29. The van der Waals surface area contributed by atoms with E-state index < -0.39 is 0 Å². The molecular formula is C35H53N5O2S. The summed E-state index contributed by atoms with van der Waals surface area (Å²) >= 11 is 1.69. The number of hydrogen-bond donors (Lipinski definition) is 1. The number of rotatable bonds is 16. The van der Waals surface area contributed by atoms with E-state index in [0.717, 1.165) is 86.5 Å². The van der Waals surface area contributed by atoms with E-state index in [-0.39, 0.29) is 6.03 Å². The van der Waals surface area contributed by atoms with Crippen LogP contribution < -0.4 is 5.32 Å². The average molecular weight is 608 g/mol. The topological polar surface area (TPSA) is 64.8 Å². The Balaban J connectivity index is 1.27. The van der Waals surface area contributed by atoms with Gasteiger partial charge in [0.05, 0.1) is 0 Å². The first-order valence-corrected chi connectivity index (χ1v) is 17.5. The second-order valence-electron chi connectivity index (χ2n) is 12.4. The number of oxazole rings is 1. The van der Waals surface area contributed by atoms with E-state index in [0.29, 0.717) is 11.8 Å². The summed E-state index contributed by atoms with van der Waals surface area (Å²) in [6.07, 6.45) is 5.98. The van der Waals surface area contributed by atoms with Gasteiger partial charge in [-0.05, 0) is 41.5 Å². The molecule has 0 unspecified atom stereocenters. The molecule has 2 heterocycles. The zero-order valence-electron chi connectivity index (χ0n) is 27.1. The Hall–Kier alpha value is -2.55. The lowest BCUT2D eigenvalue weighted by atomic mass is 9.93. The monoisotopic (exact) mass is 607 g/mol. The number of piperazine rings is 1. The smallest absolute Gasteiger partial charge is 0.321 e. The third-order valence-electron chi connectivity index (χ3n) is 8.48.